The number of hydrazine groups is 1. The summed E-state index contributed by atoms with van der Waals surface area (Å²) in [5, 5.41) is 2.50. The zero-order valence-corrected chi connectivity index (χ0v) is 23.5. The van der Waals surface area contributed by atoms with Gasteiger partial charge in [-0.1, -0.05) is 38.1 Å². The lowest BCUT2D eigenvalue weighted by molar-refractivity contribution is -0.202. The maximum absolute atomic E-state index is 13.8. The van der Waals surface area contributed by atoms with Crippen molar-refractivity contribution in [2.45, 2.75) is 57.0 Å². The van der Waals surface area contributed by atoms with Gasteiger partial charge in [-0.15, -0.1) is 11.3 Å². The molecule has 0 spiro atoms. The molecule has 208 valence electrons. The molecule has 1 unspecified atom stereocenters. The molecule has 3 rings (SSSR count). The van der Waals surface area contributed by atoms with Gasteiger partial charge in [0, 0.05) is 30.9 Å². The molecular formula is C26H36N4O6S2. The fourth-order valence-electron chi connectivity index (χ4n) is 4.46. The zero-order chi connectivity index (χ0) is 27.6. The molecule has 0 aliphatic carbocycles. The van der Waals surface area contributed by atoms with Crippen molar-refractivity contribution in [1.29, 1.82) is 0 Å². The van der Waals surface area contributed by atoms with Gasteiger partial charge < -0.3 is 4.74 Å². The van der Waals surface area contributed by atoms with Crippen LogP contribution in [0.5, 0.6) is 0 Å². The fourth-order valence-corrected chi connectivity index (χ4v) is 6.77. The number of para-hydroxylation sites is 1. The molecule has 3 N–H and O–H groups in total. The van der Waals surface area contributed by atoms with Gasteiger partial charge in [-0.05, 0) is 49.8 Å². The van der Waals surface area contributed by atoms with E-state index in [2.05, 4.69) is 21.3 Å². The highest BCUT2D eigenvalue weighted by molar-refractivity contribution is 7.93. The molecule has 0 bridgehead atoms. The van der Waals surface area contributed by atoms with Crippen LogP contribution in [0.1, 0.15) is 51.0 Å². The lowest BCUT2D eigenvalue weighted by atomic mass is 9.81. The SMILES string of the molecule is CC(C)C[C@](C(=O)NNc1ccccc1)([C@@H](C/C=C/c1nccs1)C(=O)NOC1CCCCO1)S(C)(=O)=O. The van der Waals surface area contributed by atoms with Crippen molar-refractivity contribution in [1.82, 2.24) is 15.9 Å². The summed E-state index contributed by atoms with van der Waals surface area (Å²) in [5.41, 5.74) is 8.29. The van der Waals surface area contributed by atoms with E-state index < -0.39 is 38.6 Å². The van der Waals surface area contributed by atoms with Gasteiger partial charge in [0.25, 0.3) is 5.91 Å². The average Bonchev–Trinajstić information content (AvgIpc) is 3.41. The average molecular weight is 565 g/mol. The summed E-state index contributed by atoms with van der Waals surface area (Å²) in [5.74, 6) is -3.08. The molecule has 10 nitrogen and oxygen atoms in total. The Bertz CT molecular complexity index is 1170. The van der Waals surface area contributed by atoms with Crippen LogP contribution in [0, 0.1) is 11.8 Å². The zero-order valence-electron chi connectivity index (χ0n) is 21.9. The van der Waals surface area contributed by atoms with Crippen molar-refractivity contribution in [3.8, 4) is 0 Å². The van der Waals surface area contributed by atoms with Gasteiger partial charge >= 0.3 is 0 Å². The number of aromatic nitrogens is 1. The lowest BCUT2D eigenvalue weighted by Gasteiger charge is -2.38. The number of benzene rings is 1. The minimum absolute atomic E-state index is 0.0428. The van der Waals surface area contributed by atoms with Crippen molar-refractivity contribution < 1.29 is 27.6 Å². The van der Waals surface area contributed by atoms with Crippen LogP contribution in [-0.2, 0) is 29.0 Å². The number of thiazole rings is 1. The van der Waals surface area contributed by atoms with Gasteiger partial charge in [-0.25, -0.2) is 23.7 Å². The number of amides is 2. The quantitative estimate of drug-likeness (QED) is 0.313. The Morgan fingerprint density at radius 2 is 2.03 bits per heavy atom. The third-order valence-electron chi connectivity index (χ3n) is 6.24. The highest BCUT2D eigenvalue weighted by Crippen LogP contribution is 2.37. The number of hydroxylamine groups is 1. The van der Waals surface area contributed by atoms with Crippen molar-refractivity contribution in [2.75, 3.05) is 18.3 Å². The third kappa shape index (κ3) is 7.85. The number of hydrogen-bond acceptors (Lipinski definition) is 9. The summed E-state index contributed by atoms with van der Waals surface area (Å²) in [6.45, 7) is 4.13. The Kier molecular flexibility index (Phi) is 10.8. The van der Waals surface area contributed by atoms with Gasteiger partial charge in [-0.2, -0.15) is 0 Å². The summed E-state index contributed by atoms with van der Waals surface area (Å²) in [6.07, 6.45) is 7.63. The maximum atomic E-state index is 13.8. The molecule has 12 heteroatoms. The van der Waals surface area contributed by atoms with Crippen LogP contribution in [0.25, 0.3) is 6.08 Å². The third-order valence-corrected chi connectivity index (χ3v) is 8.94. The molecule has 2 heterocycles. The number of anilines is 1. The molecule has 38 heavy (non-hydrogen) atoms. The first-order chi connectivity index (χ1) is 18.1. The van der Waals surface area contributed by atoms with E-state index in [4.69, 9.17) is 9.57 Å². The molecule has 1 aliphatic rings. The molecule has 1 aliphatic heterocycles. The normalized spacial score (nSPS) is 18.6. The summed E-state index contributed by atoms with van der Waals surface area (Å²) >= 11 is 1.40. The molecule has 3 atom stereocenters. The first-order valence-electron chi connectivity index (χ1n) is 12.6. The Labute approximate surface area is 228 Å². The van der Waals surface area contributed by atoms with E-state index in [1.54, 1.807) is 42.6 Å². The van der Waals surface area contributed by atoms with E-state index in [1.165, 1.54) is 11.3 Å². The van der Waals surface area contributed by atoms with Crippen molar-refractivity contribution >= 4 is 44.8 Å². The monoisotopic (exact) mass is 564 g/mol. The number of rotatable bonds is 13. The second-order valence-corrected chi connectivity index (χ2v) is 12.8. The molecule has 2 aromatic rings. The van der Waals surface area contributed by atoms with Gasteiger partial charge in [0.2, 0.25) is 5.91 Å². The summed E-state index contributed by atoms with van der Waals surface area (Å²) < 4.78 is 30.5. The largest absolute Gasteiger partial charge is 0.350 e. The highest BCUT2D eigenvalue weighted by atomic mass is 32.2. The Hall–Kier alpha value is -2.80. The molecule has 0 radical (unpaired) electrons. The molecule has 0 saturated carbocycles. The topological polar surface area (TPSA) is 136 Å². The van der Waals surface area contributed by atoms with Gasteiger partial charge in [0.1, 0.15) is 5.01 Å². The Morgan fingerprint density at radius 3 is 2.63 bits per heavy atom. The number of ether oxygens (including phenoxy) is 1. The number of nitrogens with one attached hydrogen (secondary N) is 3. The number of allylic oxidation sites excluding steroid dienone is 1. The van der Waals surface area contributed by atoms with Crippen LogP contribution >= 0.6 is 11.3 Å². The molecule has 1 aromatic carbocycles. The van der Waals surface area contributed by atoms with Gasteiger partial charge in [0.05, 0.1) is 11.6 Å². The van der Waals surface area contributed by atoms with Crippen LogP contribution in [0.3, 0.4) is 0 Å². The number of nitrogens with zero attached hydrogens (tertiary/aromatic N) is 1. The predicted octanol–water partition coefficient (Wildman–Crippen LogP) is 3.71. The van der Waals surface area contributed by atoms with Crippen LogP contribution in [0.15, 0.2) is 48.0 Å². The second kappa shape index (κ2) is 13.8. The first-order valence-corrected chi connectivity index (χ1v) is 15.3. The smallest absolute Gasteiger partial charge is 0.260 e. The Morgan fingerprint density at radius 1 is 1.26 bits per heavy atom. The van der Waals surface area contributed by atoms with Crippen LogP contribution in [0.4, 0.5) is 5.69 Å². The van der Waals surface area contributed by atoms with E-state index in [9.17, 15) is 18.0 Å². The summed E-state index contributed by atoms with van der Waals surface area (Å²) in [6, 6.07) is 8.82. The molecule has 2 amide bonds. The highest BCUT2D eigenvalue weighted by Gasteiger charge is 2.57. The molecule has 1 saturated heterocycles. The van der Waals surface area contributed by atoms with Crippen LogP contribution < -0.4 is 16.3 Å². The summed E-state index contributed by atoms with van der Waals surface area (Å²) in [4.78, 5) is 37.2. The number of hydrogen-bond donors (Lipinski definition) is 3. The Balaban J connectivity index is 1.96. The number of carbonyl (C=O) groups excluding carboxylic acids is 2. The number of carbonyl (C=O) groups is 2. The lowest BCUT2D eigenvalue weighted by Crippen LogP contribution is -2.62. The standard InChI is InChI=1S/C26H36N4O6S2/c1-19(2)18-26(38(3,33)34,25(32)29-28-20-10-5-4-6-11-20)21(12-9-13-22-27-15-17-37-22)24(31)30-36-23-14-7-8-16-35-23/h4-6,9-11,13,15,17,19,21,23,28H,7-8,12,14,16,18H2,1-3H3,(H,29,32)(H,30,31)/b13-9+/t21-,23?,26+/m0/s1. The van der Waals surface area contributed by atoms with Crippen molar-refractivity contribution in [2.24, 2.45) is 11.8 Å². The van der Waals surface area contributed by atoms with Gasteiger partial charge in [0.15, 0.2) is 20.9 Å². The predicted molar refractivity (Wildman–Crippen MR) is 147 cm³/mol. The first kappa shape index (κ1) is 29.8. The van der Waals surface area contributed by atoms with Crippen LogP contribution in [-0.4, -0.2) is 49.1 Å². The van der Waals surface area contributed by atoms with Crippen LogP contribution in [0.2, 0.25) is 0 Å². The van der Waals surface area contributed by atoms with E-state index >= 15 is 0 Å². The van der Waals surface area contributed by atoms with E-state index in [0.29, 0.717) is 23.7 Å². The fraction of sp³-hybridized carbons (Fsp3) is 0.500. The van der Waals surface area contributed by atoms with E-state index in [0.717, 1.165) is 19.1 Å². The summed E-state index contributed by atoms with van der Waals surface area (Å²) in [7, 11) is -4.14. The molecule has 1 fully saturated rings. The van der Waals surface area contributed by atoms with Crippen molar-refractivity contribution in [3.05, 3.63) is 53.0 Å². The molecule has 1 aromatic heterocycles. The number of sulfone groups is 1. The van der Waals surface area contributed by atoms with E-state index in [-0.39, 0.29) is 18.8 Å². The maximum Gasteiger partial charge on any atom is 0.260 e. The minimum Gasteiger partial charge on any atom is -0.350 e. The van der Waals surface area contributed by atoms with Crippen molar-refractivity contribution in [3.63, 3.8) is 0 Å². The molecular weight excluding hydrogens is 528 g/mol. The minimum atomic E-state index is -4.14. The second-order valence-electron chi connectivity index (χ2n) is 9.65. The van der Waals surface area contributed by atoms with E-state index in [1.807, 2.05) is 25.3 Å². The van der Waals surface area contributed by atoms with Gasteiger partial charge in [-0.3, -0.25) is 20.4 Å².